The van der Waals surface area contributed by atoms with E-state index in [9.17, 15) is 9.59 Å². The Bertz CT molecular complexity index is 946. The number of aryl methyl sites for hydroxylation is 1. The Morgan fingerprint density at radius 2 is 1.96 bits per heavy atom. The molecule has 1 saturated heterocycles. The summed E-state index contributed by atoms with van der Waals surface area (Å²) in [6.07, 6.45) is 3.46. The first-order valence-corrected chi connectivity index (χ1v) is 10.4. The largest absolute Gasteiger partial charge is 0.338 e. The summed E-state index contributed by atoms with van der Waals surface area (Å²) in [4.78, 5) is 40.2. The Morgan fingerprint density at radius 3 is 2.56 bits per heavy atom. The molecule has 1 N–H and O–H groups in total. The minimum Gasteiger partial charge on any atom is -0.338 e. The summed E-state index contributed by atoms with van der Waals surface area (Å²) in [5.41, 5.74) is 4.12. The number of H-pyrrole nitrogens is 1. The van der Waals surface area contributed by atoms with Gasteiger partial charge in [0.1, 0.15) is 10.7 Å². The molecule has 0 atom stereocenters. The Labute approximate surface area is 163 Å². The summed E-state index contributed by atoms with van der Waals surface area (Å²) in [6, 6.07) is 0. The third-order valence-corrected chi connectivity index (χ3v) is 6.95. The number of hydrogen-bond acceptors (Lipinski definition) is 5. The first kappa shape index (κ1) is 18.3. The van der Waals surface area contributed by atoms with E-state index in [0.29, 0.717) is 13.1 Å². The molecule has 6 nitrogen and oxygen atoms in total. The van der Waals surface area contributed by atoms with E-state index in [0.717, 1.165) is 53.3 Å². The first-order chi connectivity index (χ1) is 12.7. The minimum atomic E-state index is -0.196. The van der Waals surface area contributed by atoms with Gasteiger partial charge in [-0.05, 0) is 32.6 Å². The van der Waals surface area contributed by atoms with E-state index in [2.05, 4.69) is 30.7 Å². The predicted molar refractivity (Wildman–Crippen MR) is 106 cm³/mol. The summed E-state index contributed by atoms with van der Waals surface area (Å²) >= 11 is 1.41. The molecule has 0 saturated carbocycles. The van der Waals surface area contributed by atoms with Gasteiger partial charge < -0.3 is 9.88 Å². The summed E-state index contributed by atoms with van der Waals surface area (Å²) in [5.74, 6) is 0.837. The first-order valence-electron chi connectivity index (χ1n) is 9.55. The maximum atomic E-state index is 12.8. The number of hydrogen-bond donors (Lipinski definition) is 1. The third-order valence-electron chi connectivity index (χ3n) is 6.03. The van der Waals surface area contributed by atoms with Crippen LogP contribution in [0.3, 0.4) is 0 Å². The smallest absolute Gasteiger partial charge is 0.265 e. The number of nitrogens with one attached hydrogen (secondary N) is 1. The standard InChI is InChI=1S/C20H26N4O2S/c1-12-14(27-11-21-12)17(26)24-9-7-20(8-10-24)6-5-13-15(20)22-18(19(2,3)4)23-16(13)25/h11H,5-10H2,1-4H3,(H,22,23,25). The number of fused-ring (bicyclic) bond motifs is 2. The molecular formula is C20H26N4O2S. The van der Waals surface area contributed by atoms with Crippen LogP contribution in [-0.2, 0) is 17.3 Å². The van der Waals surface area contributed by atoms with Crippen LogP contribution in [-0.4, -0.2) is 38.8 Å². The molecule has 1 amide bonds. The van der Waals surface area contributed by atoms with E-state index in [1.165, 1.54) is 11.3 Å². The van der Waals surface area contributed by atoms with Gasteiger partial charge in [-0.2, -0.15) is 0 Å². The van der Waals surface area contributed by atoms with Gasteiger partial charge in [-0.1, -0.05) is 20.8 Å². The number of piperidine rings is 1. The minimum absolute atomic E-state index is 0.0144. The topological polar surface area (TPSA) is 79.0 Å². The maximum absolute atomic E-state index is 12.8. The number of amides is 1. The van der Waals surface area contributed by atoms with Crippen molar-refractivity contribution in [3.05, 3.63) is 43.5 Å². The number of likely N-dealkylation sites (tertiary alicyclic amines) is 1. The number of nitrogens with zero attached hydrogens (tertiary/aromatic N) is 3. The van der Waals surface area contributed by atoms with Crippen LogP contribution in [0.25, 0.3) is 0 Å². The van der Waals surface area contributed by atoms with E-state index in [-0.39, 0.29) is 22.3 Å². The molecule has 2 aromatic heterocycles. The highest BCUT2D eigenvalue weighted by atomic mass is 32.1. The number of carbonyl (C=O) groups excluding carboxylic acids is 1. The summed E-state index contributed by atoms with van der Waals surface area (Å²) in [6.45, 7) is 9.49. The summed E-state index contributed by atoms with van der Waals surface area (Å²) in [5, 5.41) is 0. The second-order valence-electron chi connectivity index (χ2n) is 8.83. The molecule has 27 heavy (non-hydrogen) atoms. The average molecular weight is 387 g/mol. The number of carbonyl (C=O) groups is 1. The van der Waals surface area contributed by atoms with Crippen molar-refractivity contribution < 1.29 is 4.79 Å². The molecule has 144 valence electrons. The molecule has 0 radical (unpaired) electrons. The van der Waals surface area contributed by atoms with E-state index in [1.54, 1.807) is 5.51 Å². The highest BCUT2D eigenvalue weighted by Crippen LogP contribution is 2.44. The highest BCUT2D eigenvalue weighted by Gasteiger charge is 2.45. The summed E-state index contributed by atoms with van der Waals surface area (Å²) in [7, 11) is 0. The lowest BCUT2D eigenvalue weighted by atomic mass is 9.76. The molecule has 1 aliphatic carbocycles. The fourth-order valence-electron chi connectivity index (χ4n) is 4.28. The van der Waals surface area contributed by atoms with Crippen molar-refractivity contribution in [1.82, 2.24) is 19.9 Å². The van der Waals surface area contributed by atoms with E-state index < -0.39 is 0 Å². The Hall–Kier alpha value is -2.02. The number of thiazole rings is 1. The number of aromatic nitrogens is 3. The zero-order valence-corrected chi connectivity index (χ0v) is 17.2. The zero-order valence-electron chi connectivity index (χ0n) is 16.4. The van der Waals surface area contributed by atoms with Crippen molar-refractivity contribution >= 4 is 17.2 Å². The van der Waals surface area contributed by atoms with Crippen LogP contribution < -0.4 is 5.56 Å². The van der Waals surface area contributed by atoms with Gasteiger partial charge in [-0.3, -0.25) is 9.59 Å². The van der Waals surface area contributed by atoms with Crippen molar-refractivity contribution in [3.8, 4) is 0 Å². The average Bonchev–Trinajstić information content (AvgIpc) is 3.19. The highest BCUT2D eigenvalue weighted by molar-refractivity contribution is 7.11. The third kappa shape index (κ3) is 3.02. The second kappa shape index (κ2) is 6.26. The zero-order chi connectivity index (χ0) is 19.4. The summed E-state index contributed by atoms with van der Waals surface area (Å²) < 4.78 is 0. The van der Waals surface area contributed by atoms with Gasteiger partial charge in [-0.15, -0.1) is 11.3 Å². The van der Waals surface area contributed by atoms with Gasteiger partial charge in [0.15, 0.2) is 0 Å². The Balaban J connectivity index is 1.60. The van der Waals surface area contributed by atoms with E-state index in [4.69, 9.17) is 4.98 Å². The van der Waals surface area contributed by atoms with Crippen LogP contribution in [0.4, 0.5) is 0 Å². The maximum Gasteiger partial charge on any atom is 0.265 e. The molecule has 0 aromatic carbocycles. The quantitative estimate of drug-likeness (QED) is 0.817. The van der Waals surface area contributed by atoms with Gasteiger partial charge in [0, 0.05) is 29.5 Å². The number of rotatable bonds is 1. The molecule has 4 rings (SSSR count). The molecule has 2 aromatic rings. The lowest BCUT2D eigenvalue weighted by molar-refractivity contribution is 0.0667. The van der Waals surface area contributed by atoms with E-state index in [1.807, 2.05) is 11.8 Å². The van der Waals surface area contributed by atoms with Crippen LogP contribution in [0.5, 0.6) is 0 Å². The lowest BCUT2D eigenvalue weighted by Gasteiger charge is -2.39. The SMILES string of the molecule is Cc1ncsc1C(=O)N1CCC2(CCc3c2nc(C(C)(C)C)[nH]c3=O)CC1. The predicted octanol–water partition coefficient (Wildman–Crippen LogP) is 2.95. The monoisotopic (exact) mass is 386 g/mol. The second-order valence-corrected chi connectivity index (χ2v) is 9.69. The molecule has 1 spiro atoms. The van der Waals surface area contributed by atoms with Gasteiger partial charge in [-0.25, -0.2) is 9.97 Å². The fourth-order valence-corrected chi connectivity index (χ4v) is 5.05. The molecule has 2 aliphatic rings. The van der Waals surface area contributed by atoms with Crippen LogP contribution >= 0.6 is 11.3 Å². The molecule has 7 heteroatoms. The van der Waals surface area contributed by atoms with Gasteiger partial charge in [0.2, 0.25) is 0 Å². The fraction of sp³-hybridized carbons (Fsp3) is 0.600. The lowest BCUT2D eigenvalue weighted by Crippen LogP contribution is -2.45. The van der Waals surface area contributed by atoms with Gasteiger partial charge in [0.05, 0.1) is 16.9 Å². The van der Waals surface area contributed by atoms with Crippen molar-refractivity contribution in [3.63, 3.8) is 0 Å². The Kier molecular flexibility index (Phi) is 4.25. The van der Waals surface area contributed by atoms with Gasteiger partial charge >= 0.3 is 0 Å². The Morgan fingerprint density at radius 1 is 1.26 bits per heavy atom. The van der Waals surface area contributed by atoms with Crippen molar-refractivity contribution in [2.75, 3.05) is 13.1 Å². The molecule has 1 aliphatic heterocycles. The van der Waals surface area contributed by atoms with Crippen molar-refractivity contribution in [2.24, 2.45) is 0 Å². The molecular weight excluding hydrogens is 360 g/mol. The van der Waals surface area contributed by atoms with Gasteiger partial charge in [0.25, 0.3) is 11.5 Å². The molecule has 1 fully saturated rings. The molecule has 0 bridgehead atoms. The number of aromatic amines is 1. The van der Waals surface area contributed by atoms with Crippen molar-refractivity contribution in [2.45, 2.75) is 64.2 Å². The molecule has 0 unspecified atom stereocenters. The van der Waals surface area contributed by atoms with Crippen LogP contribution in [0.1, 0.15) is 72.5 Å². The normalized spacial score (nSPS) is 18.7. The van der Waals surface area contributed by atoms with Crippen LogP contribution in [0.2, 0.25) is 0 Å². The van der Waals surface area contributed by atoms with Crippen LogP contribution in [0.15, 0.2) is 10.3 Å². The molecule has 3 heterocycles. The van der Waals surface area contributed by atoms with Crippen molar-refractivity contribution in [1.29, 1.82) is 0 Å². The van der Waals surface area contributed by atoms with Crippen LogP contribution in [0, 0.1) is 6.92 Å². The van der Waals surface area contributed by atoms with E-state index >= 15 is 0 Å².